The Morgan fingerprint density at radius 2 is 2.29 bits per heavy atom. The summed E-state index contributed by atoms with van der Waals surface area (Å²) in [5.74, 6) is 0.436. The van der Waals surface area contributed by atoms with Crippen molar-refractivity contribution in [1.29, 1.82) is 0 Å². The minimum absolute atomic E-state index is 0.0893. The molecule has 1 atom stereocenters. The zero-order valence-electron chi connectivity index (χ0n) is 12.8. The van der Waals surface area contributed by atoms with Crippen LogP contribution >= 0.6 is 0 Å². The largest absolute Gasteiger partial charge is 0.469 e. The fourth-order valence-electron chi connectivity index (χ4n) is 2.72. The second kappa shape index (κ2) is 5.76. The Balaban J connectivity index is 2.10. The Labute approximate surface area is 125 Å². The third-order valence-corrected chi connectivity index (χ3v) is 4.05. The summed E-state index contributed by atoms with van der Waals surface area (Å²) < 4.78 is 5.29. The van der Waals surface area contributed by atoms with Gasteiger partial charge in [0.2, 0.25) is 5.91 Å². The van der Waals surface area contributed by atoms with Crippen LogP contribution in [-0.4, -0.2) is 35.8 Å². The molecule has 2 heterocycles. The lowest BCUT2D eigenvalue weighted by molar-refractivity contribution is -0.125. The van der Waals surface area contributed by atoms with Gasteiger partial charge in [-0.25, -0.2) is 0 Å². The third-order valence-electron chi connectivity index (χ3n) is 4.05. The first-order valence-electron chi connectivity index (χ1n) is 7.17. The van der Waals surface area contributed by atoms with E-state index in [1.54, 1.807) is 11.0 Å². The van der Waals surface area contributed by atoms with E-state index in [-0.39, 0.29) is 23.3 Å². The van der Waals surface area contributed by atoms with Crippen LogP contribution in [0.25, 0.3) is 0 Å². The number of aryl methyl sites for hydroxylation is 1. The van der Waals surface area contributed by atoms with Crippen LogP contribution in [0.5, 0.6) is 0 Å². The van der Waals surface area contributed by atoms with E-state index in [9.17, 15) is 9.59 Å². The molecule has 1 fully saturated rings. The molecule has 1 N–H and O–H groups in total. The van der Waals surface area contributed by atoms with Gasteiger partial charge in [0, 0.05) is 24.9 Å². The minimum Gasteiger partial charge on any atom is -0.469 e. The summed E-state index contributed by atoms with van der Waals surface area (Å²) in [4.78, 5) is 25.8. The van der Waals surface area contributed by atoms with Crippen LogP contribution in [-0.2, 0) is 11.2 Å². The quantitative estimate of drug-likeness (QED) is 0.863. The van der Waals surface area contributed by atoms with Crippen molar-refractivity contribution in [3.8, 4) is 0 Å². The van der Waals surface area contributed by atoms with Crippen molar-refractivity contribution < 1.29 is 14.0 Å². The van der Waals surface area contributed by atoms with Crippen molar-refractivity contribution in [2.45, 2.75) is 33.2 Å². The molecule has 0 spiro atoms. The molecule has 1 aliphatic heterocycles. The van der Waals surface area contributed by atoms with Gasteiger partial charge in [-0.2, -0.15) is 0 Å². The maximum Gasteiger partial charge on any atom is 0.255 e. The maximum atomic E-state index is 12.4. The van der Waals surface area contributed by atoms with Crippen molar-refractivity contribution in [1.82, 2.24) is 10.2 Å². The highest BCUT2D eigenvalue weighted by atomic mass is 16.3. The number of furan rings is 1. The van der Waals surface area contributed by atoms with Crippen molar-refractivity contribution in [2.24, 2.45) is 5.41 Å². The molecule has 114 valence electrons. The van der Waals surface area contributed by atoms with Crippen LogP contribution in [0.15, 0.2) is 29.4 Å². The summed E-state index contributed by atoms with van der Waals surface area (Å²) in [5.41, 5.74) is 0.395. The molecule has 2 rings (SSSR count). The number of amides is 2. The van der Waals surface area contributed by atoms with E-state index >= 15 is 0 Å². The van der Waals surface area contributed by atoms with Crippen LogP contribution in [0.1, 0.15) is 36.9 Å². The van der Waals surface area contributed by atoms with E-state index in [2.05, 4.69) is 11.9 Å². The molecule has 2 amide bonds. The van der Waals surface area contributed by atoms with E-state index in [1.807, 2.05) is 20.8 Å². The van der Waals surface area contributed by atoms with Crippen molar-refractivity contribution in [3.63, 3.8) is 0 Å². The van der Waals surface area contributed by atoms with Gasteiger partial charge in [-0.15, -0.1) is 0 Å². The molecule has 1 aromatic rings. The molecule has 0 aromatic carbocycles. The van der Waals surface area contributed by atoms with Gasteiger partial charge in [-0.05, 0) is 12.1 Å². The maximum absolute atomic E-state index is 12.4. The van der Waals surface area contributed by atoms with E-state index in [0.717, 1.165) is 0 Å². The smallest absolute Gasteiger partial charge is 0.255 e. The topological polar surface area (TPSA) is 62.6 Å². The molecule has 5 heteroatoms. The first kappa shape index (κ1) is 15.4. The molecule has 0 saturated carbocycles. The number of likely N-dealkylation sites (tertiary alicyclic amines) is 1. The second-order valence-electron chi connectivity index (χ2n) is 6.05. The fourth-order valence-corrected chi connectivity index (χ4v) is 2.72. The Bertz CT molecular complexity index is 560. The number of hydrogen-bond donors (Lipinski definition) is 1. The van der Waals surface area contributed by atoms with Gasteiger partial charge in [-0.3, -0.25) is 9.59 Å². The number of nitrogens with one attached hydrogen (secondary N) is 1. The Kier molecular flexibility index (Phi) is 4.21. The summed E-state index contributed by atoms with van der Waals surface area (Å²) >= 11 is 0. The van der Waals surface area contributed by atoms with Gasteiger partial charge >= 0.3 is 0 Å². The minimum atomic E-state index is -0.176. The zero-order valence-corrected chi connectivity index (χ0v) is 12.8. The predicted molar refractivity (Wildman–Crippen MR) is 79.9 cm³/mol. The highest BCUT2D eigenvalue weighted by Gasteiger charge is 2.41. The van der Waals surface area contributed by atoms with Gasteiger partial charge in [0.15, 0.2) is 0 Å². The van der Waals surface area contributed by atoms with Crippen molar-refractivity contribution in [2.75, 3.05) is 13.1 Å². The Morgan fingerprint density at radius 1 is 1.57 bits per heavy atom. The molecule has 0 bridgehead atoms. The number of carbonyl (C=O) groups excluding carboxylic acids is 2. The Morgan fingerprint density at radius 3 is 2.90 bits per heavy atom. The third kappa shape index (κ3) is 3.01. The molecule has 1 aromatic heterocycles. The molecule has 5 nitrogen and oxygen atoms in total. The average molecular weight is 290 g/mol. The number of rotatable bonds is 4. The lowest BCUT2D eigenvalue weighted by Crippen LogP contribution is -2.44. The number of hydrogen-bond acceptors (Lipinski definition) is 3. The van der Waals surface area contributed by atoms with E-state index in [1.165, 1.54) is 12.3 Å². The summed E-state index contributed by atoms with van der Waals surface area (Å²) in [6.07, 6.45) is 3.51. The fraction of sp³-hybridized carbons (Fsp3) is 0.500. The van der Waals surface area contributed by atoms with Gasteiger partial charge in [0.25, 0.3) is 5.91 Å². The van der Waals surface area contributed by atoms with E-state index in [0.29, 0.717) is 30.8 Å². The first-order chi connectivity index (χ1) is 9.89. The molecule has 1 unspecified atom stereocenters. The Hall–Kier alpha value is -2.04. The van der Waals surface area contributed by atoms with Crippen LogP contribution in [0, 0.1) is 5.41 Å². The highest BCUT2D eigenvalue weighted by molar-refractivity contribution is 5.95. The lowest BCUT2D eigenvalue weighted by atomic mass is 9.87. The molecular formula is C16H22N2O3. The standard InChI is InChI=1S/C16H22N2O3/c1-5-12-11(7-8-21-12)15(20)17-13-9-18(14(19)6-2)10-16(13,3)4/h6-8,13H,2,5,9-10H2,1,3-4H3,(H,17,20). The van der Waals surface area contributed by atoms with Gasteiger partial charge < -0.3 is 14.6 Å². The summed E-state index contributed by atoms with van der Waals surface area (Å²) in [7, 11) is 0. The summed E-state index contributed by atoms with van der Waals surface area (Å²) in [6.45, 7) is 10.7. The van der Waals surface area contributed by atoms with Crippen LogP contribution in [0.4, 0.5) is 0 Å². The van der Waals surface area contributed by atoms with Crippen LogP contribution in [0.2, 0.25) is 0 Å². The highest BCUT2D eigenvalue weighted by Crippen LogP contribution is 2.30. The molecule has 0 aliphatic carbocycles. The van der Waals surface area contributed by atoms with Crippen LogP contribution in [0.3, 0.4) is 0 Å². The normalized spacial score (nSPS) is 20.3. The van der Waals surface area contributed by atoms with Gasteiger partial charge in [0.1, 0.15) is 5.76 Å². The SMILES string of the molecule is C=CC(=O)N1CC(NC(=O)c2ccoc2CC)C(C)(C)C1. The molecule has 1 saturated heterocycles. The van der Waals surface area contributed by atoms with Crippen LogP contribution < -0.4 is 5.32 Å². The van der Waals surface area contributed by atoms with E-state index < -0.39 is 0 Å². The van der Waals surface area contributed by atoms with Crippen molar-refractivity contribution >= 4 is 11.8 Å². The zero-order chi connectivity index (χ0) is 15.6. The lowest BCUT2D eigenvalue weighted by Gasteiger charge is -2.25. The molecular weight excluding hydrogens is 268 g/mol. The predicted octanol–water partition coefficient (Wildman–Crippen LogP) is 1.99. The summed E-state index contributed by atoms with van der Waals surface area (Å²) in [6, 6.07) is 1.59. The average Bonchev–Trinajstić information content (AvgIpc) is 3.02. The monoisotopic (exact) mass is 290 g/mol. The first-order valence-corrected chi connectivity index (χ1v) is 7.17. The van der Waals surface area contributed by atoms with Gasteiger partial charge in [0.05, 0.1) is 17.9 Å². The summed E-state index contributed by atoms with van der Waals surface area (Å²) in [5, 5.41) is 3.03. The van der Waals surface area contributed by atoms with Gasteiger partial charge in [-0.1, -0.05) is 27.4 Å². The molecule has 1 aliphatic rings. The molecule has 21 heavy (non-hydrogen) atoms. The van der Waals surface area contributed by atoms with E-state index in [4.69, 9.17) is 4.42 Å². The number of carbonyl (C=O) groups is 2. The van der Waals surface area contributed by atoms with Crippen molar-refractivity contribution in [3.05, 3.63) is 36.3 Å². The second-order valence-corrected chi connectivity index (χ2v) is 6.05. The number of nitrogens with zero attached hydrogens (tertiary/aromatic N) is 1. The molecule has 0 radical (unpaired) electrons.